The van der Waals surface area contributed by atoms with Crippen molar-refractivity contribution in [2.75, 3.05) is 20.8 Å². The van der Waals surface area contributed by atoms with E-state index in [1.165, 1.54) is 16.7 Å². The van der Waals surface area contributed by atoms with Gasteiger partial charge in [0.25, 0.3) is 0 Å². The van der Waals surface area contributed by atoms with Crippen molar-refractivity contribution < 1.29 is 13.9 Å². The first-order valence-corrected chi connectivity index (χ1v) is 10.4. The van der Waals surface area contributed by atoms with E-state index >= 15 is 0 Å². The van der Waals surface area contributed by atoms with Gasteiger partial charge in [0.1, 0.15) is 5.58 Å². The van der Waals surface area contributed by atoms with E-state index in [-0.39, 0.29) is 5.63 Å². The summed E-state index contributed by atoms with van der Waals surface area (Å²) in [6, 6.07) is 9.98. The molecule has 2 heterocycles. The Balaban J connectivity index is 1.68. The molecule has 0 unspecified atom stereocenters. The Kier molecular flexibility index (Phi) is 5.56. The van der Waals surface area contributed by atoms with Gasteiger partial charge in [0.05, 0.1) is 14.2 Å². The monoisotopic (exact) mass is 407 g/mol. The Morgan fingerprint density at radius 3 is 2.40 bits per heavy atom. The smallest absolute Gasteiger partial charge is 0.336 e. The molecule has 0 atom stereocenters. The molecule has 0 amide bonds. The predicted octanol–water partition coefficient (Wildman–Crippen LogP) is 4.80. The zero-order chi connectivity index (χ0) is 21.4. The topological polar surface area (TPSA) is 51.9 Å². The summed E-state index contributed by atoms with van der Waals surface area (Å²) in [4.78, 5) is 14.6. The summed E-state index contributed by atoms with van der Waals surface area (Å²) in [5.41, 5.74) is 6.38. The zero-order valence-corrected chi connectivity index (χ0v) is 18.4. The molecule has 30 heavy (non-hydrogen) atoms. The molecule has 1 aromatic heterocycles. The normalized spacial score (nSPS) is 14.2. The molecular weight excluding hydrogens is 378 g/mol. The lowest BCUT2D eigenvalue weighted by Gasteiger charge is -2.29. The van der Waals surface area contributed by atoms with E-state index in [9.17, 15) is 4.79 Å². The summed E-state index contributed by atoms with van der Waals surface area (Å²) < 4.78 is 16.4. The number of ether oxygens (including phenoxy) is 2. The molecule has 0 aliphatic carbocycles. The highest BCUT2D eigenvalue weighted by Crippen LogP contribution is 2.34. The van der Waals surface area contributed by atoms with Crippen molar-refractivity contribution in [1.82, 2.24) is 4.90 Å². The number of rotatable bonds is 5. The van der Waals surface area contributed by atoms with Gasteiger partial charge in [-0.2, -0.15) is 0 Å². The van der Waals surface area contributed by atoms with Crippen molar-refractivity contribution in [3.63, 3.8) is 0 Å². The van der Waals surface area contributed by atoms with Gasteiger partial charge in [-0.25, -0.2) is 4.79 Å². The van der Waals surface area contributed by atoms with Crippen molar-refractivity contribution in [2.24, 2.45) is 0 Å². The van der Waals surface area contributed by atoms with Crippen LogP contribution in [-0.4, -0.2) is 25.7 Å². The average molecular weight is 408 g/mol. The van der Waals surface area contributed by atoms with Gasteiger partial charge in [-0.1, -0.05) is 13.8 Å². The lowest BCUT2D eigenvalue weighted by Crippen LogP contribution is -2.30. The first-order chi connectivity index (χ1) is 14.4. The van der Waals surface area contributed by atoms with E-state index in [2.05, 4.69) is 43.9 Å². The van der Waals surface area contributed by atoms with Crippen molar-refractivity contribution in [3.05, 3.63) is 68.6 Å². The highest BCUT2D eigenvalue weighted by molar-refractivity contribution is 5.82. The van der Waals surface area contributed by atoms with E-state index in [4.69, 9.17) is 13.9 Å². The maximum Gasteiger partial charge on any atom is 0.336 e. The lowest BCUT2D eigenvalue weighted by atomic mass is 9.94. The summed E-state index contributed by atoms with van der Waals surface area (Å²) in [6.45, 7) is 8.89. The summed E-state index contributed by atoms with van der Waals surface area (Å²) in [7, 11) is 3.33. The predicted molar refractivity (Wildman–Crippen MR) is 119 cm³/mol. The van der Waals surface area contributed by atoms with E-state index < -0.39 is 0 Å². The molecule has 3 aromatic rings. The van der Waals surface area contributed by atoms with Crippen molar-refractivity contribution in [2.45, 2.75) is 46.2 Å². The van der Waals surface area contributed by atoms with Crippen LogP contribution >= 0.6 is 0 Å². The molecule has 1 aliphatic rings. The first-order valence-electron chi connectivity index (χ1n) is 10.4. The molecule has 0 fully saturated rings. The number of aryl methyl sites for hydroxylation is 1. The van der Waals surface area contributed by atoms with Crippen LogP contribution in [0.4, 0.5) is 0 Å². The summed E-state index contributed by atoms with van der Waals surface area (Å²) >= 11 is 0. The van der Waals surface area contributed by atoms with Crippen LogP contribution in [0.2, 0.25) is 0 Å². The number of benzene rings is 2. The van der Waals surface area contributed by atoms with Gasteiger partial charge in [0.15, 0.2) is 11.5 Å². The minimum absolute atomic E-state index is 0.294. The molecule has 5 nitrogen and oxygen atoms in total. The maximum atomic E-state index is 12.2. The van der Waals surface area contributed by atoms with Crippen molar-refractivity contribution in [3.8, 4) is 11.5 Å². The quantitative estimate of drug-likeness (QED) is 0.569. The Hall–Kier alpha value is -2.79. The van der Waals surface area contributed by atoms with Gasteiger partial charge in [-0.15, -0.1) is 0 Å². The van der Waals surface area contributed by atoms with E-state index in [0.717, 1.165) is 47.5 Å². The number of hydrogen-bond acceptors (Lipinski definition) is 5. The average Bonchev–Trinajstić information content (AvgIpc) is 2.71. The summed E-state index contributed by atoms with van der Waals surface area (Å²) in [5.74, 6) is 1.94. The highest BCUT2D eigenvalue weighted by atomic mass is 16.5. The molecule has 0 saturated heterocycles. The minimum atomic E-state index is -0.294. The Morgan fingerprint density at radius 1 is 1.03 bits per heavy atom. The molecule has 4 rings (SSSR count). The van der Waals surface area contributed by atoms with Crippen LogP contribution < -0.4 is 15.1 Å². The largest absolute Gasteiger partial charge is 0.493 e. The third-order valence-corrected chi connectivity index (χ3v) is 6.03. The van der Waals surface area contributed by atoms with Gasteiger partial charge in [0, 0.05) is 31.1 Å². The maximum absolute atomic E-state index is 12.2. The Labute approximate surface area is 177 Å². The minimum Gasteiger partial charge on any atom is -0.493 e. The zero-order valence-electron chi connectivity index (χ0n) is 18.4. The highest BCUT2D eigenvalue weighted by Gasteiger charge is 2.21. The van der Waals surface area contributed by atoms with Crippen molar-refractivity contribution in [1.29, 1.82) is 0 Å². The third kappa shape index (κ3) is 3.82. The molecule has 1 aliphatic heterocycles. The van der Waals surface area contributed by atoms with E-state index in [1.54, 1.807) is 20.3 Å². The van der Waals surface area contributed by atoms with Crippen LogP contribution in [0.15, 0.2) is 39.5 Å². The molecule has 0 N–H and O–H groups in total. The van der Waals surface area contributed by atoms with Gasteiger partial charge < -0.3 is 13.9 Å². The van der Waals surface area contributed by atoms with Crippen LogP contribution in [0.3, 0.4) is 0 Å². The molecule has 0 saturated carbocycles. The molecule has 0 bridgehead atoms. The number of nitrogens with zero attached hydrogens (tertiary/aromatic N) is 1. The molecule has 2 aromatic carbocycles. The second-order valence-electron chi connectivity index (χ2n) is 8.39. The number of methoxy groups -OCH3 is 2. The summed E-state index contributed by atoms with van der Waals surface area (Å²) in [5, 5.41) is 1.03. The molecule has 0 radical (unpaired) electrons. The second-order valence-corrected chi connectivity index (χ2v) is 8.39. The van der Waals surface area contributed by atoms with Crippen LogP contribution in [0.1, 0.15) is 47.6 Å². The molecular formula is C25H29NO4. The summed E-state index contributed by atoms with van der Waals surface area (Å²) in [6.07, 6.45) is 0.936. The fraction of sp³-hybridized carbons (Fsp3) is 0.400. The third-order valence-electron chi connectivity index (χ3n) is 6.03. The van der Waals surface area contributed by atoms with Gasteiger partial charge in [-0.05, 0) is 71.3 Å². The molecule has 0 spiro atoms. The standard InChI is InChI=1S/C25H29NO4/c1-15(2)20-12-21-19(11-25(27)30-22(21)8-16(20)3)14-26-7-6-17-9-23(28-4)24(29-5)10-18(17)13-26/h8-12,15H,6-7,13-14H2,1-5H3. The van der Waals surface area contributed by atoms with Crippen LogP contribution in [0, 0.1) is 6.92 Å². The van der Waals surface area contributed by atoms with Gasteiger partial charge in [-0.3, -0.25) is 4.90 Å². The van der Waals surface area contributed by atoms with Crippen LogP contribution in [0.25, 0.3) is 11.0 Å². The second kappa shape index (κ2) is 8.15. The van der Waals surface area contributed by atoms with Gasteiger partial charge in [0.2, 0.25) is 0 Å². The fourth-order valence-corrected chi connectivity index (χ4v) is 4.46. The number of fused-ring (bicyclic) bond motifs is 2. The Morgan fingerprint density at radius 2 is 1.73 bits per heavy atom. The van der Waals surface area contributed by atoms with E-state index in [0.29, 0.717) is 18.0 Å². The van der Waals surface area contributed by atoms with E-state index in [1.807, 2.05) is 6.07 Å². The van der Waals surface area contributed by atoms with Crippen molar-refractivity contribution >= 4 is 11.0 Å². The van der Waals surface area contributed by atoms with Crippen LogP contribution in [-0.2, 0) is 19.5 Å². The fourth-order valence-electron chi connectivity index (χ4n) is 4.46. The first kappa shape index (κ1) is 20.5. The number of hydrogen-bond donors (Lipinski definition) is 0. The lowest BCUT2D eigenvalue weighted by molar-refractivity contribution is 0.244. The van der Waals surface area contributed by atoms with Crippen LogP contribution in [0.5, 0.6) is 11.5 Å². The molecule has 158 valence electrons. The molecule has 5 heteroatoms. The van der Waals surface area contributed by atoms with Gasteiger partial charge >= 0.3 is 5.63 Å². The SMILES string of the molecule is COc1cc2c(cc1OC)CN(Cc1cc(=O)oc3cc(C)c(C(C)C)cc13)CC2. The Bertz CT molecular complexity index is 1150.